The molecular weight excluding hydrogens is 516 g/mol. The quantitative estimate of drug-likeness (QED) is 0.298. The summed E-state index contributed by atoms with van der Waals surface area (Å²) in [5.74, 6) is -0.451. The van der Waals surface area contributed by atoms with Crippen LogP contribution in [0.3, 0.4) is 0 Å². The summed E-state index contributed by atoms with van der Waals surface area (Å²) in [7, 11) is -3.69. The first kappa shape index (κ1) is 27.7. The average molecular weight is 543 g/mol. The van der Waals surface area contributed by atoms with Crippen LogP contribution in [0.2, 0.25) is 5.02 Å². The maximum atomic E-state index is 12.4. The Balaban J connectivity index is 1.52. The summed E-state index contributed by atoms with van der Waals surface area (Å²) >= 11 is 5.90. The van der Waals surface area contributed by atoms with Crippen LogP contribution in [0.5, 0.6) is 5.75 Å². The van der Waals surface area contributed by atoms with Crippen molar-refractivity contribution in [1.82, 2.24) is 5.43 Å². The van der Waals surface area contributed by atoms with Gasteiger partial charge in [0.05, 0.1) is 18.2 Å². The molecule has 0 saturated heterocycles. The molecule has 194 valence electrons. The summed E-state index contributed by atoms with van der Waals surface area (Å²) in [5.41, 5.74) is 5.71. The van der Waals surface area contributed by atoms with Gasteiger partial charge in [0, 0.05) is 10.7 Å². The molecule has 2 N–H and O–H groups in total. The normalized spacial score (nSPS) is 11.2. The third kappa shape index (κ3) is 8.33. The maximum Gasteiger partial charge on any atom is 0.262 e. The van der Waals surface area contributed by atoms with E-state index in [1.807, 2.05) is 13.0 Å². The van der Waals surface area contributed by atoms with Crippen LogP contribution >= 0.6 is 11.6 Å². The molecule has 0 aliphatic rings. The maximum absolute atomic E-state index is 12.4. The number of anilines is 2. The van der Waals surface area contributed by atoms with Gasteiger partial charge in [0.2, 0.25) is 10.0 Å². The zero-order chi connectivity index (χ0) is 27.0. The summed E-state index contributed by atoms with van der Waals surface area (Å²) in [6.45, 7) is 3.07. The molecular formula is C26H27ClN4O5S. The van der Waals surface area contributed by atoms with Gasteiger partial charge < -0.3 is 10.1 Å². The molecule has 3 rings (SSSR count). The van der Waals surface area contributed by atoms with Crippen molar-refractivity contribution in [3.05, 3.63) is 88.4 Å². The zero-order valence-electron chi connectivity index (χ0n) is 20.6. The van der Waals surface area contributed by atoms with E-state index in [9.17, 15) is 18.0 Å². The first-order valence-corrected chi connectivity index (χ1v) is 13.4. The Hall–Kier alpha value is -3.89. The van der Waals surface area contributed by atoms with Crippen LogP contribution in [0.15, 0.2) is 71.8 Å². The number of aryl methyl sites for hydroxylation is 1. The first-order valence-electron chi connectivity index (χ1n) is 11.2. The van der Waals surface area contributed by atoms with Crippen molar-refractivity contribution < 1.29 is 22.7 Å². The lowest BCUT2D eigenvalue weighted by atomic mass is 10.1. The molecule has 0 aliphatic heterocycles. The Labute approximate surface area is 221 Å². The second-order valence-electron chi connectivity index (χ2n) is 8.20. The second-order valence-corrected chi connectivity index (χ2v) is 10.5. The predicted octanol–water partition coefficient (Wildman–Crippen LogP) is 3.89. The van der Waals surface area contributed by atoms with Crippen molar-refractivity contribution in [3.63, 3.8) is 0 Å². The molecule has 3 aromatic carbocycles. The van der Waals surface area contributed by atoms with E-state index in [0.717, 1.165) is 21.7 Å². The number of halogens is 1. The Morgan fingerprint density at radius 3 is 2.41 bits per heavy atom. The number of hydrazone groups is 1. The number of carbonyl (C=O) groups is 2. The molecule has 0 radical (unpaired) electrons. The van der Waals surface area contributed by atoms with E-state index in [4.69, 9.17) is 16.3 Å². The Morgan fingerprint density at radius 1 is 1.03 bits per heavy atom. The molecule has 37 heavy (non-hydrogen) atoms. The fraction of sp³-hybridized carbons (Fsp3) is 0.192. The minimum absolute atomic E-state index is 0.187. The SMILES string of the molecule is Cc1cccc(N(CC(=O)N/N=C\c2ccc(OCC(=O)Nc3cccc(Cl)c3)cc2)S(C)(=O)=O)c1C. The summed E-state index contributed by atoms with van der Waals surface area (Å²) < 4.78 is 31.2. The third-order valence-corrected chi connectivity index (χ3v) is 6.66. The predicted molar refractivity (Wildman–Crippen MR) is 146 cm³/mol. The number of amides is 2. The van der Waals surface area contributed by atoms with E-state index in [-0.39, 0.29) is 12.5 Å². The Bertz CT molecular complexity index is 1410. The number of nitrogens with zero attached hydrogens (tertiary/aromatic N) is 2. The van der Waals surface area contributed by atoms with Crippen molar-refractivity contribution >= 4 is 51.0 Å². The lowest BCUT2D eigenvalue weighted by molar-refractivity contribution is -0.119. The van der Waals surface area contributed by atoms with Crippen molar-refractivity contribution in [2.75, 3.05) is 29.0 Å². The fourth-order valence-corrected chi connectivity index (χ4v) is 4.39. The third-order valence-electron chi connectivity index (χ3n) is 5.29. The topological polar surface area (TPSA) is 117 Å². The molecule has 0 bridgehead atoms. The minimum atomic E-state index is -3.69. The van der Waals surface area contributed by atoms with Crippen molar-refractivity contribution in [1.29, 1.82) is 0 Å². The van der Waals surface area contributed by atoms with Crippen LogP contribution in [0.1, 0.15) is 16.7 Å². The van der Waals surface area contributed by atoms with Gasteiger partial charge in [0.25, 0.3) is 11.8 Å². The van der Waals surface area contributed by atoms with Gasteiger partial charge in [-0.05, 0) is 79.1 Å². The molecule has 0 fully saturated rings. The number of hydrogen-bond acceptors (Lipinski definition) is 6. The number of sulfonamides is 1. The molecule has 2 amide bonds. The van der Waals surface area contributed by atoms with E-state index < -0.39 is 22.5 Å². The highest BCUT2D eigenvalue weighted by molar-refractivity contribution is 7.92. The molecule has 11 heteroatoms. The van der Waals surface area contributed by atoms with E-state index in [0.29, 0.717) is 27.7 Å². The van der Waals surface area contributed by atoms with Gasteiger partial charge in [0.15, 0.2) is 6.61 Å². The highest BCUT2D eigenvalue weighted by Gasteiger charge is 2.22. The molecule has 0 aromatic heterocycles. The number of hydrogen-bond donors (Lipinski definition) is 2. The van der Waals surface area contributed by atoms with E-state index >= 15 is 0 Å². The summed E-state index contributed by atoms with van der Waals surface area (Å²) in [5, 5.41) is 7.11. The van der Waals surface area contributed by atoms with Crippen LogP contribution in [0.25, 0.3) is 0 Å². The number of rotatable bonds is 10. The largest absolute Gasteiger partial charge is 0.484 e. The van der Waals surface area contributed by atoms with Crippen LogP contribution < -0.4 is 19.8 Å². The van der Waals surface area contributed by atoms with Crippen molar-refractivity contribution in [2.45, 2.75) is 13.8 Å². The number of ether oxygens (including phenoxy) is 1. The lowest BCUT2D eigenvalue weighted by Gasteiger charge is -2.23. The molecule has 0 atom stereocenters. The van der Waals surface area contributed by atoms with Gasteiger partial charge in [0.1, 0.15) is 12.3 Å². The Kier molecular flexibility index (Phi) is 9.26. The van der Waals surface area contributed by atoms with Gasteiger partial charge >= 0.3 is 0 Å². The standard InChI is InChI=1S/C26H27ClN4O5S/c1-18-6-4-9-24(19(18)2)31(37(3,34)35)16-25(32)30-28-15-20-10-12-23(13-11-20)36-17-26(33)29-22-8-5-7-21(27)14-22/h4-15H,16-17H2,1-3H3,(H,29,33)(H,30,32)/b28-15-. The average Bonchev–Trinajstić information content (AvgIpc) is 2.83. The van der Waals surface area contributed by atoms with Gasteiger partial charge in [-0.25, -0.2) is 13.8 Å². The molecule has 3 aromatic rings. The van der Waals surface area contributed by atoms with Gasteiger partial charge in [-0.15, -0.1) is 0 Å². The minimum Gasteiger partial charge on any atom is -0.484 e. The summed E-state index contributed by atoms with van der Waals surface area (Å²) in [4.78, 5) is 24.5. The number of benzene rings is 3. The molecule has 0 aliphatic carbocycles. The van der Waals surface area contributed by atoms with E-state index in [1.54, 1.807) is 67.6 Å². The lowest BCUT2D eigenvalue weighted by Crippen LogP contribution is -2.39. The molecule has 0 spiro atoms. The monoisotopic (exact) mass is 542 g/mol. The molecule has 9 nitrogen and oxygen atoms in total. The second kappa shape index (κ2) is 12.4. The highest BCUT2D eigenvalue weighted by Crippen LogP contribution is 2.24. The van der Waals surface area contributed by atoms with Crippen LogP contribution in [0.4, 0.5) is 11.4 Å². The molecule has 0 unspecified atom stereocenters. The van der Waals surface area contributed by atoms with Crippen LogP contribution in [0, 0.1) is 13.8 Å². The molecule has 0 saturated carbocycles. The van der Waals surface area contributed by atoms with Gasteiger partial charge in [-0.2, -0.15) is 5.10 Å². The van der Waals surface area contributed by atoms with E-state index in [1.165, 1.54) is 6.21 Å². The summed E-state index contributed by atoms with van der Waals surface area (Å²) in [6.07, 6.45) is 2.46. The van der Waals surface area contributed by atoms with Crippen LogP contribution in [-0.4, -0.2) is 45.9 Å². The first-order chi connectivity index (χ1) is 17.5. The summed E-state index contributed by atoms with van der Waals surface area (Å²) in [6, 6.07) is 18.8. The van der Waals surface area contributed by atoms with Crippen LogP contribution in [-0.2, 0) is 19.6 Å². The van der Waals surface area contributed by atoms with Gasteiger partial charge in [-0.1, -0.05) is 29.8 Å². The zero-order valence-corrected chi connectivity index (χ0v) is 22.1. The smallest absolute Gasteiger partial charge is 0.262 e. The highest BCUT2D eigenvalue weighted by atomic mass is 35.5. The van der Waals surface area contributed by atoms with E-state index in [2.05, 4.69) is 15.8 Å². The fourth-order valence-electron chi connectivity index (χ4n) is 3.29. The molecule has 0 heterocycles. The number of nitrogens with one attached hydrogen (secondary N) is 2. The van der Waals surface area contributed by atoms with Crippen molar-refractivity contribution in [3.8, 4) is 5.75 Å². The number of carbonyl (C=O) groups excluding carboxylic acids is 2. The van der Waals surface area contributed by atoms with Crippen molar-refractivity contribution in [2.24, 2.45) is 5.10 Å². The van der Waals surface area contributed by atoms with Gasteiger partial charge in [-0.3, -0.25) is 13.9 Å². The Morgan fingerprint density at radius 2 is 1.73 bits per heavy atom.